The SMILES string of the molecule is CC(=O)NC1C(O[C@H]2[C@@H](O)[C@@H](CO)O[C@@H](O[C@@H]([C@@H](O)[C@H](O)CO)[C@H](CO)NC(C)=O)[C@@H]2O)OC(CO)C(O)C1O. The lowest BCUT2D eigenvalue weighted by atomic mass is 9.95. The smallest absolute Gasteiger partial charge is 0.217 e. The summed E-state index contributed by atoms with van der Waals surface area (Å²) in [5, 5.41) is 106. The molecule has 18 nitrogen and oxygen atoms in total. The van der Waals surface area contributed by atoms with Gasteiger partial charge in [-0.25, -0.2) is 0 Å². The highest BCUT2D eigenvalue weighted by molar-refractivity contribution is 5.73. The Morgan fingerprint density at radius 2 is 1.38 bits per heavy atom. The number of hydrogen-bond acceptors (Lipinski definition) is 16. The Bertz CT molecular complexity index is 809. The Morgan fingerprint density at radius 3 is 1.88 bits per heavy atom. The van der Waals surface area contributed by atoms with Crippen LogP contribution in [0.25, 0.3) is 0 Å². The molecule has 0 spiro atoms. The number of aliphatic hydroxyl groups is 10. The van der Waals surface area contributed by atoms with E-state index in [1.165, 1.54) is 0 Å². The Morgan fingerprint density at radius 1 is 0.800 bits per heavy atom. The van der Waals surface area contributed by atoms with Crippen LogP contribution in [-0.4, -0.2) is 175 Å². The van der Waals surface area contributed by atoms with Crippen molar-refractivity contribution in [2.24, 2.45) is 0 Å². The van der Waals surface area contributed by atoms with E-state index in [9.17, 15) is 60.7 Å². The molecule has 0 aromatic carbocycles. The van der Waals surface area contributed by atoms with Crippen molar-refractivity contribution in [1.29, 1.82) is 0 Å². The number of carbonyl (C=O) groups excluding carboxylic acids is 2. The van der Waals surface area contributed by atoms with E-state index in [0.717, 1.165) is 13.8 Å². The standard InChI is InChI=1S/C22H40N2O16/c1-7(29)23-9(3-25)19(14(32)10(31)4-26)39-22-18(36)20(16(34)12(6-28)38-22)40-21-13(24-8(2)30)17(35)15(33)11(5-27)37-21/h9-22,25-28,31-36H,3-6H2,1-2H3,(H,23,29)(H,24,30)/t9-,10+,11?,12+,13?,14-,15?,16-,17?,18+,19+,20-,21?,22-/m0/s1. The fourth-order valence-corrected chi connectivity index (χ4v) is 4.46. The molecule has 2 saturated heterocycles. The van der Waals surface area contributed by atoms with Gasteiger partial charge in [-0.1, -0.05) is 0 Å². The number of ether oxygens (including phenoxy) is 4. The third-order valence-electron chi connectivity index (χ3n) is 6.55. The lowest BCUT2D eigenvalue weighted by Crippen LogP contribution is -2.68. The molecule has 2 rings (SSSR count). The van der Waals surface area contributed by atoms with E-state index in [2.05, 4.69) is 10.6 Å². The summed E-state index contributed by atoms with van der Waals surface area (Å²) < 4.78 is 22.1. The number of nitrogens with one attached hydrogen (secondary N) is 2. The van der Waals surface area contributed by atoms with Crippen molar-refractivity contribution < 1.29 is 79.6 Å². The van der Waals surface area contributed by atoms with Crippen LogP contribution in [0.3, 0.4) is 0 Å². The molecule has 2 heterocycles. The normalized spacial score (nSPS) is 37.7. The average molecular weight is 589 g/mol. The minimum atomic E-state index is -1.99. The summed E-state index contributed by atoms with van der Waals surface area (Å²) in [4.78, 5) is 23.3. The van der Waals surface area contributed by atoms with Crippen molar-refractivity contribution in [3.05, 3.63) is 0 Å². The first-order valence-electron chi connectivity index (χ1n) is 12.5. The molecule has 0 aliphatic carbocycles. The Balaban J connectivity index is 2.39. The third kappa shape index (κ3) is 8.23. The predicted octanol–water partition coefficient (Wildman–Crippen LogP) is -7.65. The van der Waals surface area contributed by atoms with Gasteiger partial charge in [-0.3, -0.25) is 9.59 Å². The maximum absolute atomic E-state index is 11.7. The molecule has 2 fully saturated rings. The summed E-state index contributed by atoms with van der Waals surface area (Å²) in [5.74, 6) is -1.35. The summed E-state index contributed by atoms with van der Waals surface area (Å²) in [5.41, 5.74) is 0. The van der Waals surface area contributed by atoms with Crippen molar-refractivity contribution in [3.8, 4) is 0 Å². The lowest BCUT2D eigenvalue weighted by molar-refractivity contribution is -0.357. The molecule has 40 heavy (non-hydrogen) atoms. The minimum absolute atomic E-state index is 0.675. The first kappa shape index (κ1) is 34.6. The van der Waals surface area contributed by atoms with Gasteiger partial charge >= 0.3 is 0 Å². The van der Waals surface area contributed by atoms with Crippen molar-refractivity contribution >= 4 is 11.8 Å². The van der Waals surface area contributed by atoms with Crippen LogP contribution in [0, 0.1) is 0 Å². The highest BCUT2D eigenvalue weighted by atomic mass is 16.7. The third-order valence-corrected chi connectivity index (χ3v) is 6.55. The van der Waals surface area contributed by atoms with Crippen LogP contribution in [-0.2, 0) is 28.5 Å². The summed E-state index contributed by atoms with van der Waals surface area (Å²) in [6, 6.07) is -2.87. The van der Waals surface area contributed by atoms with Crippen LogP contribution in [0.15, 0.2) is 0 Å². The highest BCUT2D eigenvalue weighted by Gasteiger charge is 2.52. The summed E-state index contributed by atoms with van der Waals surface area (Å²) in [6.45, 7) is -1.27. The zero-order chi connectivity index (χ0) is 30.3. The molecule has 234 valence electrons. The molecule has 0 aromatic rings. The van der Waals surface area contributed by atoms with Crippen LogP contribution in [0.4, 0.5) is 0 Å². The van der Waals surface area contributed by atoms with Gasteiger partial charge in [0.2, 0.25) is 11.8 Å². The Hall–Kier alpha value is -1.62. The molecular formula is C22H40N2O16. The van der Waals surface area contributed by atoms with E-state index >= 15 is 0 Å². The maximum Gasteiger partial charge on any atom is 0.217 e. The summed E-state index contributed by atoms with van der Waals surface area (Å²) >= 11 is 0. The van der Waals surface area contributed by atoms with Gasteiger partial charge in [-0.2, -0.15) is 0 Å². The van der Waals surface area contributed by atoms with Crippen molar-refractivity contribution in [2.45, 2.75) is 99.6 Å². The van der Waals surface area contributed by atoms with Gasteiger partial charge < -0.3 is 80.6 Å². The van der Waals surface area contributed by atoms with Gasteiger partial charge in [0.05, 0.1) is 32.5 Å². The molecule has 12 N–H and O–H groups in total. The van der Waals surface area contributed by atoms with Gasteiger partial charge in [0, 0.05) is 13.8 Å². The molecule has 14 atom stereocenters. The zero-order valence-electron chi connectivity index (χ0n) is 21.8. The maximum atomic E-state index is 11.7. The van der Waals surface area contributed by atoms with Gasteiger partial charge in [0.1, 0.15) is 67.1 Å². The number of amides is 2. The number of carbonyl (C=O) groups is 2. The fourth-order valence-electron chi connectivity index (χ4n) is 4.46. The molecule has 0 aromatic heterocycles. The molecule has 0 bridgehead atoms. The molecule has 0 saturated carbocycles. The second-order valence-electron chi connectivity index (χ2n) is 9.57. The fraction of sp³-hybridized carbons (Fsp3) is 0.909. The van der Waals surface area contributed by atoms with Gasteiger partial charge in [-0.05, 0) is 0 Å². The van der Waals surface area contributed by atoms with E-state index in [1.807, 2.05) is 0 Å². The minimum Gasteiger partial charge on any atom is -0.394 e. The summed E-state index contributed by atoms with van der Waals surface area (Å²) in [7, 11) is 0. The van der Waals surface area contributed by atoms with E-state index < -0.39 is 124 Å². The van der Waals surface area contributed by atoms with Crippen LogP contribution in [0.1, 0.15) is 13.8 Å². The number of rotatable bonds is 13. The molecular weight excluding hydrogens is 548 g/mol. The van der Waals surface area contributed by atoms with E-state index in [4.69, 9.17) is 18.9 Å². The average Bonchev–Trinajstić information content (AvgIpc) is 2.91. The monoisotopic (exact) mass is 588 g/mol. The van der Waals surface area contributed by atoms with Crippen molar-refractivity contribution in [2.75, 3.05) is 26.4 Å². The van der Waals surface area contributed by atoms with Crippen molar-refractivity contribution in [3.63, 3.8) is 0 Å². The quantitative estimate of drug-likeness (QED) is 0.0950. The first-order chi connectivity index (χ1) is 18.8. The van der Waals surface area contributed by atoms with E-state index in [0.29, 0.717) is 0 Å². The molecule has 2 aliphatic heterocycles. The van der Waals surface area contributed by atoms with Gasteiger partial charge in [0.15, 0.2) is 12.6 Å². The molecule has 5 unspecified atom stereocenters. The zero-order valence-corrected chi connectivity index (χ0v) is 21.8. The Labute approximate surface area is 228 Å². The molecule has 18 heteroatoms. The van der Waals surface area contributed by atoms with E-state index in [-0.39, 0.29) is 0 Å². The summed E-state index contributed by atoms with van der Waals surface area (Å²) in [6.07, 6.45) is -21.0. The van der Waals surface area contributed by atoms with Gasteiger partial charge in [-0.15, -0.1) is 0 Å². The molecule has 2 aliphatic rings. The topological polar surface area (TPSA) is 297 Å². The largest absolute Gasteiger partial charge is 0.394 e. The predicted molar refractivity (Wildman–Crippen MR) is 127 cm³/mol. The van der Waals surface area contributed by atoms with Crippen molar-refractivity contribution in [1.82, 2.24) is 10.6 Å². The molecule has 0 radical (unpaired) electrons. The second-order valence-corrected chi connectivity index (χ2v) is 9.57. The Kier molecular flexibility index (Phi) is 13.5. The molecule has 2 amide bonds. The van der Waals surface area contributed by atoms with Crippen LogP contribution < -0.4 is 10.6 Å². The number of hydrogen-bond donors (Lipinski definition) is 12. The number of aliphatic hydroxyl groups excluding tert-OH is 10. The van der Waals surface area contributed by atoms with Crippen LogP contribution in [0.5, 0.6) is 0 Å². The first-order valence-corrected chi connectivity index (χ1v) is 12.5. The van der Waals surface area contributed by atoms with Gasteiger partial charge in [0.25, 0.3) is 0 Å². The van der Waals surface area contributed by atoms with E-state index in [1.54, 1.807) is 0 Å². The van der Waals surface area contributed by atoms with Crippen LogP contribution >= 0.6 is 0 Å². The van der Waals surface area contributed by atoms with Crippen LogP contribution in [0.2, 0.25) is 0 Å². The highest BCUT2D eigenvalue weighted by Crippen LogP contribution is 2.31. The second kappa shape index (κ2) is 15.6. The lowest BCUT2D eigenvalue weighted by Gasteiger charge is -2.47.